The minimum atomic E-state index is 1.12. The highest BCUT2D eigenvalue weighted by atomic mass is 14.2. The predicted octanol–water partition coefficient (Wildman–Crippen LogP) is 9.06. The molecule has 0 fully saturated rings. The Hall–Kier alpha value is -1.56. The molecule has 0 nitrogen and oxygen atoms in total. The molecule has 0 aliphatic heterocycles. The minimum Gasteiger partial charge on any atom is -0.0654 e. The summed E-state index contributed by atoms with van der Waals surface area (Å²) < 4.78 is 0. The third kappa shape index (κ3) is 6.73. The molecule has 158 valence electrons. The fourth-order valence-electron chi connectivity index (χ4n) is 4.79. The van der Waals surface area contributed by atoms with E-state index < -0.39 is 0 Å². The number of benzene rings is 2. The van der Waals surface area contributed by atoms with Crippen LogP contribution in [0.1, 0.15) is 113 Å². The van der Waals surface area contributed by atoms with Gasteiger partial charge >= 0.3 is 0 Å². The van der Waals surface area contributed by atoms with Gasteiger partial charge < -0.3 is 0 Å². The van der Waals surface area contributed by atoms with Crippen LogP contribution < -0.4 is 0 Å². The van der Waals surface area contributed by atoms with Gasteiger partial charge in [0.25, 0.3) is 0 Å². The smallest absolute Gasteiger partial charge is 0.00134 e. The summed E-state index contributed by atoms with van der Waals surface area (Å²) in [6.07, 6.45) is 20.2. The van der Waals surface area contributed by atoms with E-state index in [1.807, 2.05) is 0 Å². The molecule has 2 aromatic rings. The van der Waals surface area contributed by atoms with Crippen LogP contribution in [0.5, 0.6) is 0 Å². The Morgan fingerprint density at radius 1 is 0.517 bits per heavy atom. The summed E-state index contributed by atoms with van der Waals surface area (Å²) in [7, 11) is 0. The first-order valence-corrected chi connectivity index (χ1v) is 12.6. The average molecular weight is 391 g/mol. The van der Waals surface area contributed by atoms with Crippen LogP contribution in [-0.2, 0) is 19.3 Å². The lowest BCUT2D eigenvalue weighted by molar-refractivity contribution is 0.607. The fourth-order valence-corrected chi connectivity index (χ4v) is 4.79. The third-order valence-electron chi connectivity index (χ3n) is 6.66. The molecule has 0 saturated heterocycles. The summed E-state index contributed by atoms with van der Waals surface area (Å²) in [5.74, 6) is 0. The van der Waals surface area contributed by atoms with Gasteiger partial charge in [-0.15, -0.1) is 0 Å². The Balaban J connectivity index is 1.54. The number of unbranched alkanes of at least 4 members (excludes halogenated alkanes) is 10. The molecular formula is C29H42. The maximum Gasteiger partial charge on any atom is -0.00134 e. The van der Waals surface area contributed by atoms with Crippen LogP contribution in [-0.4, -0.2) is 0 Å². The Morgan fingerprint density at radius 3 is 1.38 bits per heavy atom. The Kier molecular flexibility index (Phi) is 9.32. The zero-order chi connectivity index (χ0) is 20.3. The summed E-state index contributed by atoms with van der Waals surface area (Å²) in [5, 5.41) is 0. The van der Waals surface area contributed by atoms with Crippen molar-refractivity contribution in [1.82, 2.24) is 0 Å². The molecule has 1 aliphatic carbocycles. The molecule has 2 aromatic carbocycles. The number of hydrogen-bond donors (Lipinski definition) is 0. The van der Waals surface area contributed by atoms with Crippen molar-refractivity contribution in [2.24, 2.45) is 0 Å². The molecule has 0 saturated carbocycles. The van der Waals surface area contributed by atoms with E-state index in [0.717, 1.165) is 6.42 Å². The van der Waals surface area contributed by atoms with E-state index in [9.17, 15) is 0 Å². The van der Waals surface area contributed by atoms with E-state index >= 15 is 0 Å². The predicted molar refractivity (Wildman–Crippen MR) is 129 cm³/mol. The molecule has 0 bridgehead atoms. The molecule has 29 heavy (non-hydrogen) atoms. The second-order valence-electron chi connectivity index (χ2n) is 9.20. The third-order valence-corrected chi connectivity index (χ3v) is 6.66. The highest BCUT2D eigenvalue weighted by Gasteiger charge is 2.18. The van der Waals surface area contributed by atoms with Crippen molar-refractivity contribution in [1.29, 1.82) is 0 Å². The van der Waals surface area contributed by atoms with E-state index in [4.69, 9.17) is 0 Å². The molecular weight excluding hydrogens is 348 g/mol. The first-order valence-electron chi connectivity index (χ1n) is 12.6. The molecule has 0 atom stereocenters. The largest absolute Gasteiger partial charge is 0.0654 e. The molecule has 3 rings (SSSR count). The van der Waals surface area contributed by atoms with E-state index in [0.29, 0.717) is 0 Å². The number of aryl methyl sites for hydroxylation is 2. The van der Waals surface area contributed by atoms with Crippen molar-refractivity contribution in [3.63, 3.8) is 0 Å². The maximum atomic E-state index is 2.50. The van der Waals surface area contributed by atoms with Crippen LogP contribution in [0.25, 0.3) is 11.1 Å². The van der Waals surface area contributed by atoms with Crippen molar-refractivity contribution in [3.05, 3.63) is 58.7 Å². The lowest BCUT2D eigenvalue weighted by Crippen LogP contribution is -1.90. The molecule has 1 aliphatic rings. The highest BCUT2D eigenvalue weighted by molar-refractivity contribution is 5.77. The molecule has 0 unspecified atom stereocenters. The van der Waals surface area contributed by atoms with Crippen LogP contribution in [0.3, 0.4) is 0 Å². The van der Waals surface area contributed by atoms with Gasteiger partial charge in [-0.05, 0) is 65.5 Å². The normalized spacial score (nSPS) is 12.2. The minimum absolute atomic E-state index is 1.12. The summed E-state index contributed by atoms with van der Waals surface area (Å²) in [4.78, 5) is 0. The quantitative estimate of drug-likeness (QED) is 0.241. The van der Waals surface area contributed by atoms with Gasteiger partial charge in [-0.1, -0.05) is 114 Å². The molecule has 0 spiro atoms. The van der Waals surface area contributed by atoms with Gasteiger partial charge in [0.15, 0.2) is 0 Å². The van der Waals surface area contributed by atoms with Crippen LogP contribution >= 0.6 is 0 Å². The van der Waals surface area contributed by atoms with Crippen LogP contribution in [0.2, 0.25) is 0 Å². The van der Waals surface area contributed by atoms with Gasteiger partial charge in [-0.25, -0.2) is 0 Å². The van der Waals surface area contributed by atoms with Gasteiger partial charge in [0.1, 0.15) is 0 Å². The Bertz CT molecular complexity index is 676. The van der Waals surface area contributed by atoms with Gasteiger partial charge in [0.05, 0.1) is 0 Å². The highest BCUT2D eigenvalue weighted by Crippen LogP contribution is 2.38. The standard InChI is InChI=1S/C29H42/c1-3-5-7-9-11-13-15-24-17-19-26-23-27-20-18-25(22-29(27)28(26)21-24)16-14-12-10-8-6-4-2/h17-22H,3-16,23H2,1-2H3. The van der Waals surface area contributed by atoms with Crippen molar-refractivity contribution >= 4 is 0 Å². The van der Waals surface area contributed by atoms with Crippen LogP contribution in [0.4, 0.5) is 0 Å². The second-order valence-corrected chi connectivity index (χ2v) is 9.20. The zero-order valence-corrected chi connectivity index (χ0v) is 19.1. The monoisotopic (exact) mass is 390 g/mol. The molecule has 0 aromatic heterocycles. The van der Waals surface area contributed by atoms with Gasteiger partial charge in [-0.3, -0.25) is 0 Å². The molecule has 0 N–H and O–H groups in total. The first kappa shape index (κ1) is 22.1. The van der Waals surface area contributed by atoms with Crippen molar-refractivity contribution in [3.8, 4) is 11.1 Å². The summed E-state index contributed by atoms with van der Waals surface area (Å²) in [6.45, 7) is 4.59. The second kappa shape index (κ2) is 12.2. The average Bonchev–Trinajstić information content (AvgIpc) is 3.10. The van der Waals surface area contributed by atoms with Crippen molar-refractivity contribution in [2.75, 3.05) is 0 Å². The van der Waals surface area contributed by atoms with Crippen molar-refractivity contribution < 1.29 is 0 Å². The molecule has 0 heterocycles. The Labute approximate surface area is 180 Å². The van der Waals surface area contributed by atoms with E-state index in [-0.39, 0.29) is 0 Å². The first-order chi connectivity index (χ1) is 14.3. The summed E-state index contributed by atoms with van der Waals surface area (Å²) in [5.41, 5.74) is 9.18. The summed E-state index contributed by atoms with van der Waals surface area (Å²) in [6, 6.07) is 14.6. The fraction of sp³-hybridized carbons (Fsp3) is 0.586. The molecule has 0 heteroatoms. The van der Waals surface area contributed by atoms with Crippen LogP contribution in [0, 0.1) is 0 Å². The molecule has 0 radical (unpaired) electrons. The number of fused-ring (bicyclic) bond motifs is 3. The van der Waals surface area contributed by atoms with Gasteiger partial charge in [0, 0.05) is 0 Å². The SMILES string of the molecule is CCCCCCCCc1ccc2c(c1)-c1cc(CCCCCCCC)ccc1C2. The number of rotatable bonds is 14. The number of hydrogen-bond acceptors (Lipinski definition) is 0. The van der Waals surface area contributed by atoms with Crippen LogP contribution in [0.15, 0.2) is 36.4 Å². The molecule has 0 amide bonds. The van der Waals surface area contributed by atoms with Gasteiger partial charge in [0.2, 0.25) is 0 Å². The summed E-state index contributed by atoms with van der Waals surface area (Å²) >= 11 is 0. The van der Waals surface area contributed by atoms with E-state index in [1.165, 1.54) is 123 Å². The lowest BCUT2D eigenvalue weighted by atomic mass is 9.97. The Morgan fingerprint density at radius 2 is 0.931 bits per heavy atom. The van der Waals surface area contributed by atoms with E-state index in [2.05, 4.69) is 50.2 Å². The maximum absolute atomic E-state index is 2.50. The topological polar surface area (TPSA) is 0 Å². The van der Waals surface area contributed by atoms with Gasteiger partial charge in [-0.2, -0.15) is 0 Å². The van der Waals surface area contributed by atoms with E-state index in [1.54, 1.807) is 0 Å². The lowest BCUT2D eigenvalue weighted by Gasteiger charge is -2.08. The zero-order valence-electron chi connectivity index (χ0n) is 19.1. The van der Waals surface area contributed by atoms with Crippen molar-refractivity contribution in [2.45, 2.75) is 110 Å².